The van der Waals surface area contributed by atoms with E-state index in [1.807, 2.05) is 0 Å². The van der Waals surface area contributed by atoms with Crippen LogP contribution in [0.1, 0.15) is 29.8 Å². The van der Waals surface area contributed by atoms with Crippen LogP contribution in [0.4, 0.5) is 0 Å². The lowest BCUT2D eigenvalue weighted by atomic mass is 9.97. The van der Waals surface area contributed by atoms with Gasteiger partial charge in [0.25, 0.3) is 5.91 Å². The number of ether oxygens (including phenoxy) is 1. The normalized spacial score (nSPS) is 21.9. The Bertz CT molecular complexity index is 943. The number of aromatic nitrogens is 2. The highest BCUT2D eigenvalue weighted by Crippen LogP contribution is 2.22. The van der Waals surface area contributed by atoms with Gasteiger partial charge in [0.1, 0.15) is 11.8 Å². The fourth-order valence-corrected chi connectivity index (χ4v) is 4.39. The SMILES string of the molecule is O=C(N[C@@H]1CC[C@@H](CCNS(=O)(=O)c2ccc(Cl)cc2)O[C@H]1CO)c1cnccn1. The summed E-state index contributed by atoms with van der Waals surface area (Å²) >= 11 is 5.79. The number of hydrogen-bond donors (Lipinski definition) is 3. The number of rotatable bonds is 8. The Morgan fingerprint density at radius 3 is 2.67 bits per heavy atom. The number of benzene rings is 1. The topological polar surface area (TPSA) is 131 Å². The van der Waals surface area contributed by atoms with Gasteiger partial charge in [-0.1, -0.05) is 11.6 Å². The summed E-state index contributed by atoms with van der Waals surface area (Å²) in [6, 6.07) is 5.54. The largest absolute Gasteiger partial charge is 0.394 e. The Kier molecular flexibility index (Phi) is 7.73. The number of sulfonamides is 1. The third-order valence-electron chi connectivity index (χ3n) is 4.79. The van der Waals surface area contributed by atoms with Crippen LogP contribution in [-0.2, 0) is 14.8 Å². The standard InChI is InChI=1S/C19H23ClN4O5S/c20-13-1-4-15(5-2-13)30(27,28)23-8-7-14-3-6-16(18(12-25)29-14)24-19(26)17-11-21-9-10-22-17/h1-2,4-5,9-11,14,16,18,23,25H,3,6-8,12H2,(H,24,26)/t14-,16+,18-/m0/s1. The molecule has 1 fully saturated rings. The van der Waals surface area contributed by atoms with Crippen molar-refractivity contribution in [1.82, 2.24) is 20.0 Å². The van der Waals surface area contributed by atoms with Gasteiger partial charge in [0.05, 0.1) is 29.8 Å². The number of carbonyl (C=O) groups excluding carboxylic acids is 1. The second-order valence-electron chi connectivity index (χ2n) is 6.87. The first-order chi connectivity index (χ1) is 14.4. The Hall–Kier alpha value is -2.11. The molecular weight excluding hydrogens is 432 g/mol. The lowest BCUT2D eigenvalue weighted by Crippen LogP contribution is -2.51. The molecule has 0 radical (unpaired) electrons. The molecule has 1 aromatic heterocycles. The average molecular weight is 455 g/mol. The van der Waals surface area contributed by atoms with Gasteiger partial charge >= 0.3 is 0 Å². The molecule has 1 aromatic carbocycles. The van der Waals surface area contributed by atoms with Crippen LogP contribution in [0.3, 0.4) is 0 Å². The molecule has 1 saturated heterocycles. The van der Waals surface area contributed by atoms with Crippen molar-refractivity contribution < 1.29 is 23.1 Å². The fourth-order valence-electron chi connectivity index (χ4n) is 3.22. The summed E-state index contributed by atoms with van der Waals surface area (Å²) in [6.45, 7) is -0.0805. The van der Waals surface area contributed by atoms with E-state index >= 15 is 0 Å². The van der Waals surface area contributed by atoms with Gasteiger partial charge in [-0.3, -0.25) is 9.78 Å². The van der Waals surface area contributed by atoms with Crippen LogP contribution >= 0.6 is 11.6 Å². The van der Waals surface area contributed by atoms with E-state index in [0.29, 0.717) is 24.3 Å². The van der Waals surface area contributed by atoms with E-state index in [9.17, 15) is 18.3 Å². The molecule has 2 heterocycles. The molecule has 3 atom stereocenters. The summed E-state index contributed by atoms with van der Waals surface area (Å²) in [6.07, 6.45) is 5.09. The van der Waals surface area contributed by atoms with E-state index in [4.69, 9.17) is 16.3 Å². The number of carbonyl (C=O) groups is 1. The van der Waals surface area contributed by atoms with Crippen molar-refractivity contribution >= 4 is 27.5 Å². The molecule has 2 aromatic rings. The van der Waals surface area contributed by atoms with E-state index in [1.54, 1.807) is 0 Å². The molecule has 3 rings (SSSR count). The predicted octanol–water partition coefficient (Wildman–Crippen LogP) is 1.14. The Balaban J connectivity index is 1.49. The maximum Gasteiger partial charge on any atom is 0.271 e. The molecule has 0 unspecified atom stereocenters. The van der Waals surface area contributed by atoms with Crippen molar-refractivity contribution in [3.8, 4) is 0 Å². The number of nitrogens with one attached hydrogen (secondary N) is 2. The summed E-state index contributed by atoms with van der Waals surface area (Å²) in [5.74, 6) is -0.385. The van der Waals surface area contributed by atoms with Crippen LogP contribution in [0.25, 0.3) is 0 Å². The Morgan fingerprint density at radius 1 is 1.23 bits per heavy atom. The molecular formula is C19H23ClN4O5S. The number of aliphatic hydroxyl groups is 1. The van der Waals surface area contributed by atoms with Gasteiger partial charge in [-0.15, -0.1) is 0 Å². The summed E-state index contributed by atoms with van der Waals surface area (Å²) in [5.41, 5.74) is 0.188. The monoisotopic (exact) mass is 454 g/mol. The van der Waals surface area contributed by atoms with Gasteiger partial charge in [-0.25, -0.2) is 18.1 Å². The molecule has 1 aliphatic rings. The second-order valence-corrected chi connectivity index (χ2v) is 9.07. The Labute approximate surface area is 179 Å². The Morgan fingerprint density at radius 2 is 2.00 bits per heavy atom. The van der Waals surface area contributed by atoms with Crippen molar-refractivity contribution in [1.29, 1.82) is 0 Å². The number of aliphatic hydroxyl groups excluding tert-OH is 1. The van der Waals surface area contributed by atoms with Gasteiger partial charge in [0, 0.05) is 24.0 Å². The first-order valence-electron chi connectivity index (χ1n) is 9.47. The molecule has 9 nitrogen and oxygen atoms in total. The minimum Gasteiger partial charge on any atom is -0.394 e. The average Bonchev–Trinajstić information content (AvgIpc) is 2.75. The van der Waals surface area contributed by atoms with E-state index in [0.717, 1.165) is 0 Å². The lowest BCUT2D eigenvalue weighted by Gasteiger charge is -2.36. The van der Waals surface area contributed by atoms with Gasteiger partial charge in [-0.2, -0.15) is 0 Å². The van der Waals surface area contributed by atoms with E-state index in [2.05, 4.69) is 20.0 Å². The molecule has 30 heavy (non-hydrogen) atoms. The van der Waals surface area contributed by atoms with Crippen molar-refractivity contribution in [2.75, 3.05) is 13.2 Å². The molecule has 0 spiro atoms. The fraction of sp³-hybridized carbons (Fsp3) is 0.421. The van der Waals surface area contributed by atoms with Crippen LogP contribution in [0.15, 0.2) is 47.8 Å². The lowest BCUT2D eigenvalue weighted by molar-refractivity contribution is -0.0891. The number of halogens is 1. The zero-order chi connectivity index (χ0) is 21.6. The van der Waals surface area contributed by atoms with Crippen LogP contribution in [0.2, 0.25) is 5.02 Å². The molecule has 1 aliphatic heterocycles. The van der Waals surface area contributed by atoms with Crippen molar-refractivity contribution in [3.05, 3.63) is 53.6 Å². The van der Waals surface area contributed by atoms with Crippen LogP contribution in [0, 0.1) is 0 Å². The summed E-state index contributed by atoms with van der Waals surface area (Å²) < 4.78 is 33.1. The summed E-state index contributed by atoms with van der Waals surface area (Å²) in [5, 5.41) is 12.9. The third-order valence-corrected chi connectivity index (χ3v) is 6.52. The predicted molar refractivity (Wildman–Crippen MR) is 110 cm³/mol. The van der Waals surface area contributed by atoms with Crippen molar-refractivity contribution in [2.24, 2.45) is 0 Å². The molecule has 11 heteroatoms. The van der Waals surface area contributed by atoms with Crippen LogP contribution in [-0.4, -0.2) is 60.8 Å². The van der Waals surface area contributed by atoms with Crippen molar-refractivity contribution in [2.45, 2.75) is 42.4 Å². The molecule has 162 valence electrons. The minimum absolute atomic E-state index is 0.136. The third kappa shape index (κ3) is 5.96. The number of nitrogens with zero attached hydrogens (tertiary/aromatic N) is 2. The van der Waals surface area contributed by atoms with Gasteiger partial charge in [-0.05, 0) is 43.5 Å². The first kappa shape index (κ1) is 22.6. The van der Waals surface area contributed by atoms with E-state index in [-0.39, 0.29) is 41.8 Å². The van der Waals surface area contributed by atoms with Gasteiger partial charge in [0.2, 0.25) is 10.0 Å². The zero-order valence-electron chi connectivity index (χ0n) is 16.1. The summed E-state index contributed by atoms with van der Waals surface area (Å²) in [7, 11) is -3.64. The minimum atomic E-state index is -3.64. The van der Waals surface area contributed by atoms with Crippen molar-refractivity contribution in [3.63, 3.8) is 0 Å². The van der Waals surface area contributed by atoms with E-state index < -0.39 is 16.1 Å². The maximum absolute atomic E-state index is 12.3. The smallest absolute Gasteiger partial charge is 0.271 e. The number of hydrogen-bond acceptors (Lipinski definition) is 7. The first-order valence-corrected chi connectivity index (χ1v) is 11.3. The maximum atomic E-state index is 12.3. The molecule has 1 amide bonds. The molecule has 3 N–H and O–H groups in total. The highest BCUT2D eigenvalue weighted by atomic mass is 35.5. The molecule has 0 saturated carbocycles. The zero-order valence-corrected chi connectivity index (χ0v) is 17.6. The van der Waals surface area contributed by atoms with E-state index in [1.165, 1.54) is 42.9 Å². The second kappa shape index (κ2) is 10.3. The summed E-state index contributed by atoms with van der Waals surface area (Å²) in [4.78, 5) is 20.2. The van der Waals surface area contributed by atoms with Gasteiger partial charge < -0.3 is 15.2 Å². The molecule has 0 bridgehead atoms. The van der Waals surface area contributed by atoms with Crippen LogP contribution < -0.4 is 10.0 Å². The quantitative estimate of drug-likeness (QED) is 0.545. The molecule has 0 aliphatic carbocycles. The van der Waals surface area contributed by atoms with Gasteiger partial charge in [0.15, 0.2) is 0 Å². The highest BCUT2D eigenvalue weighted by Gasteiger charge is 2.32. The highest BCUT2D eigenvalue weighted by molar-refractivity contribution is 7.89. The van der Waals surface area contributed by atoms with Crippen LogP contribution in [0.5, 0.6) is 0 Å². The number of amides is 1.